The van der Waals surface area contributed by atoms with Crippen LogP contribution in [0.15, 0.2) is 12.2 Å². The highest BCUT2D eigenvalue weighted by molar-refractivity contribution is 6.74. The maximum Gasteiger partial charge on any atom is 0.192 e. The molecule has 5 heteroatoms. The number of rotatable bonds is 2. The number of aliphatic hydroxyl groups is 1. The average molecular weight is 329 g/mol. The third-order valence-electron chi connectivity index (χ3n) is 5.07. The van der Waals surface area contributed by atoms with E-state index in [9.17, 15) is 5.11 Å². The summed E-state index contributed by atoms with van der Waals surface area (Å²) in [6, 6.07) is 0. The molecular weight excluding hydrogens is 296 g/mol. The van der Waals surface area contributed by atoms with Gasteiger partial charge < -0.3 is 19.0 Å². The predicted octanol–water partition coefficient (Wildman–Crippen LogP) is 3.61. The minimum Gasteiger partial charge on any atom is -0.411 e. The molecule has 0 aromatic rings. The molecule has 0 amide bonds. The average Bonchev–Trinajstić information content (AvgIpc) is 2.66. The van der Waals surface area contributed by atoms with Gasteiger partial charge in [0.05, 0.1) is 12.2 Å². The molecule has 1 heterocycles. The van der Waals surface area contributed by atoms with Gasteiger partial charge in [-0.25, -0.2) is 0 Å². The summed E-state index contributed by atoms with van der Waals surface area (Å²) < 4.78 is 18.7. The van der Waals surface area contributed by atoms with Crippen molar-refractivity contribution in [3.8, 4) is 0 Å². The van der Waals surface area contributed by atoms with E-state index in [1.165, 1.54) is 0 Å². The third kappa shape index (κ3) is 3.82. The largest absolute Gasteiger partial charge is 0.411 e. The van der Waals surface area contributed by atoms with E-state index >= 15 is 0 Å². The Bertz CT molecular complexity index is 425. The molecule has 4 atom stereocenters. The Morgan fingerprint density at radius 3 is 2.23 bits per heavy atom. The summed E-state index contributed by atoms with van der Waals surface area (Å²) in [7, 11) is -1.91. The zero-order valence-electron chi connectivity index (χ0n) is 15.1. The van der Waals surface area contributed by atoms with Crippen LogP contribution in [0.25, 0.3) is 0 Å². The summed E-state index contributed by atoms with van der Waals surface area (Å²) in [5.74, 6) is -0.671. The van der Waals surface area contributed by atoms with Crippen LogP contribution >= 0.6 is 0 Å². The van der Waals surface area contributed by atoms with Crippen molar-refractivity contribution in [2.45, 2.75) is 95.8 Å². The summed E-state index contributed by atoms with van der Waals surface area (Å²) in [5.41, 5.74) is 0. The molecule has 1 saturated heterocycles. The Balaban J connectivity index is 2.24. The molecular formula is C17H32O4Si. The normalized spacial score (nSPS) is 37.3. The highest BCUT2D eigenvalue weighted by Crippen LogP contribution is 2.41. The zero-order valence-corrected chi connectivity index (χ0v) is 16.1. The second kappa shape index (κ2) is 6.02. The van der Waals surface area contributed by atoms with E-state index in [0.29, 0.717) is 6.42 Å². The minimum atomic E-state index is -1.91. The van der Waals surface area contributed by atoms with Crippen LogP contribution in [0.1, 0.15) is 47.5 Å². The molecule has 1 aliphatic heterocycles. The molecule has 0 aromatic heterocycles. The summed E-state index contributed by atoms with van der Waals surface area (Å²) in [5, 5.41) is 10.5. The van der Waals surface area contributed by atoms with Crippen LogP contribution < -0.4 is 0 Å². The van der Waals surface area contributed by atoms with Gasteiger partial charge in [-0.3, -0.25) is 0 Å². The van der Waals surface area contributed by atoms with Crippen molar-refractivity contribution >= 4 is 8.32 Å². The molecule has 1 unspecified atom stereocenters. The first-order valence-electron chi connectivity index (χ1n) is 8.29. The summed E-state index contributed by atoms with van der Waals surface area (Å²) in [6.45, 7) is 15.0. The molecule has 2 aliphatic rings. The SMILES string of the molecule is CC1(C)O[C@H]2[C@@H](O)C/C=C\CC(O[Si](C)(C)C(C)(C)C)[C@@H]2O1. The van der Waals surface area contributed by atoms with E-state index in [1.807, 2.05) is 19.9 Å². The first-order chi connectivity index (χ1) is 9.93. The van der Waals surface area contributed by atoms with Crippen molar-refractivity contribution < 1.29 is 19.0 Å². The number of fused-ring (bicyclic) bond motifs is 1. The molecule has 0 radical (unpaired) electrons. The lowest BCUT2D eigenvalue weighted by atomic mass is 9.96. The molecule has 1 fully saturated rings. The molecule has 1 aliphatic carbocycles. The van der Waals surface area contributed by atoms with Crippen molar-refractivity contribution in [1.82, 2.24) is 0 Å². The molecule has 22 heavy (non-hydrogen) atoms. The van der Waals surface area contributed by atoms with Gasteiger partial charge in [0.1, 0.15) is 12.2 Å². The Hall–Kier alpha value is -0.203. The van der Waals surface area contributed by atoms with Gasteiger partial charge in [-0.15, -0.1) is 0 Å². The van der Waals surface area contributed by atoms with E-state index in [-0.39, 0.29) is 23.4 Å². The molecule has 1 N–H and O–H groups in total. The van der Waals surface area contributed by atoms with E-state index in [0.717, 1.165) is 6.42 Å². The van der Waals surface area contributed by atoms with Crippen LogP contribution in [-0.2, 0) is 13.9 Å². The molecule has 0 spiro atoms. The van der Waals surface area contributed by atoms with E-state index in [2.05, 4.69) is 39.9 Å². The van der Waals surface area contributed by atoms with Gasteiger partial charge in [0, 0.05) is 0 Å². The van der Waals surface area contributed by atoms with Gasteiger partial charge >= 0.3 is 0 Å². The fraction of sp³-hybridized carbons (Fsp3) is 0.882. The number of hydrogen-bond donors (Lipinski definition) is 1. The maximum absolute atomic E-state index is 10.4. The first kappa shape index (κ1) is 18.1. The van der Waals surface area contributed by atoms with Gasteiger partial charge in [-0.2, -0.15) is 0 Å². The third-order valence-corrected chi connectivity index (χ3v) is 9.58. The van der Waals surface area contributed by atoms with Gasteiger partial charge in [0.15, 0.2) is 14.1 Å². The van der Waals surface area contributed by atoms with Gasteiger partial charge in [-0.05, 0) is 44.8 Å². The molecule has 2 rings (SSSR count). The topological polar surface area (TPSA) is 47.9 Å². The monoisotopic (exact) mass is 328 g/mol. The summed E-state index contributed by atoms with van der Waals surface area (Å²) in [6.07, 6.45) is 4.38. The number of hydrogen-bond acceptors (Lipinski definition) is 4. The minimum absolute atomic E-state index is 0.0705. The zero-order chi connectivity index (χ0) is 16.8. The van der Waals surface area contributed by atoms with E-state index in [1.54, 1.807) is 0 Å². The lowest BCUT2D eigenvalue weighted by Gasteiger charge is -2.41. The molecule has 0 saturated carbocycles. The highest BCUT2D eigenvalue weighted by Gasteiger charge is 2.50. The smallest absolute Gasteiger partial charge is 0.192 e. The van der Waals surface area contributed by atoms with Crippen LogP contribution in [-0.4, -0.2) is 43.6 Å². The molecule has 0 bridgehead atoms. The highest BCUT2D eigenvalue weighted by atomic mass is 28.4. The van der Waals surface area contributed by atoms with Gasteiger partial charge in [0.25, 0.3) is 0 Å². The maximum atomic E-state index is 10.4. The van der Waals surface area contributed by atoms with Crippen molar-refractivity contribution in [2.75, 3.05) is 0 Å². The fourth-order valence-corrected chi connectivity index (χ4v) is 4.15. The van der Waals surface area contributed by atoms with Crippen molar-refractivity contribution in [2.24, 2.45) is 0 Å². The summed E-state index contributed by atoms with van der Waals surface area (Å²) in [4.78, 5) is 0. The van der Waals surface area contributed by atoms with E-state index < -0.39 is 20.2 Å². The quantitative estimate of drug-likeness (QED) is 0.621. The van der Waals surface area contributed by atoms with Crippen molar-refractivity contribution in [3.05, 3.63) is 12.2 Å². The second-order valence-electron chi connectivity index (χ2n) is 8.49. The van der Waals surface area contributed by atoms with Crippen LogP contribution in [0.5, 0.6) is 0 Å². The fourth-order valence-electron chi connectivity index (χ4n) is 2.81. The Labute approximate surface area is 136 Å². The van der Waals surface area contributed by atoms with Crippen LogP contribution in [0, 0.1) is 0 Å². The predicted molar refractivity (Wildman–Crippen MR) is 90.3 cm³/mol. The Kier molecular flexibility index (Phi) is 4.96. The van der Waals surface area contributed by atoms with Gasteiger partial charge in [0.2, 0.25) is 0 Å². The molecule has 4 nitrogen and oxygen atoms in total. The Morgan fingerprint density at radius 1 is 1.09 bits per heavy atom. The lowest BCUT2D eigenvalue weighted by Crippen LogP contribution is -2.51. The van der Waals surface area contributed by atoms with Crippen LogP contribution in [0.4, 0.5) is 0 Å². The second-order valence-corrected chi connectivity index (χ2v) is 13.2. The van der Waals surface area contributed by atoms with E-state index in [4.69, 9.17) is 13.9 Å². The standard InChI is InChI=1S/C17H32O4Si/c1-16(2,3)22(6,7)21-13-11-9-8-10-12(18)14-15(13)20-17(4,5)19-14/h8-9,12-15,18H,10-11H2,1-7H3/b9-8-/t12-,13?,14-,15-/m0/s1. The van der Waals surface area contributed by atoms with Crippen LogP contribution in [0.3, 0.4) is 0 Å². The van der Waals surface area contributed by atoms with Crippen molar-refractivity contribution in [1.29, 1.82) is 0 Å². The lowest BCUT2D eigenvalue weighted by molar-refractivity contribution is -0.159. The Morgan fingerprint density at radius 2 is 1.64 bits per heavy atom. The summed E-state index contributed by atoms with van der Waals surface area (Å²) >= 11 is 0. The number of ether oxygens (including phenoxy) is 2. The van der Waals surface area contributed by atoms with Crippen LogP contribution in [0.2, 0.25) is 18.1 Å². The first-order valence-corrected chi connectivity index (χ1v) is 11.2. The van der Waals surface area contributed by atoms with Gasteiger partial charge in [-0.1, -0.05) is 32.9 Å². The van der Waals surface area contributed by atoms with Crippen molar-refractivity contribution in [3.63, 3.8) is 0 Å². The molecule has 0 aromatic carbocycles. The molecule has 128 valence electrons. The number of aliphatic hydroxyl groups excluding tert-OH is 1.